The molecule has 1 aliphatic heterocycles. The van der Waals surface area contributed by atoms with Gasteiger partial charge in [-0.3, -0.25) is 14.2 Å². The standard InChI is InChI=1S/C27H31Cl2N5O5S/c1-16-6-8-18(9-7-16)13-27(5)24(36)33(21-11-19(28)10-20(29)12-21)25-30-14-22(34(25)27)40(38,39)32-17(2)23(35)31-15-26(3,4)37/h6-12,14,17,32,37H,13,15H2,1-5H3,(H,31,35). The average molecular weight is 609 g/mol. The number of halogens is 2. The van der Waals surface area contributed by atoms with E-state index in [4.69, 9.17) is 23.2 Å². The number of aryl methyl sites for hydroxylation is 1. The molecule has 2 amide bonds. The van der Waals surface area contributed by atoms with Crippen LogP contribution in [0.3, 0.4) is 0 Å². The van der Waals surface area contributed by atoms with Crippen molar-refractivity contribution in [1.82, 2.24) is 19.6 Å². The maximum Gasteiger partial charge on any atom is 0.260 e. The number of benzene rings is 2. The number of hydrogen-bond acceptors (Lipinski definition) is 6. The molecule has 0 spiro atoms. The SMILES string of the molecule is Cc1ccc(CC2(C)C(=O)N(c3cc(Cl)cc(Cl)c3)c3ncc(S(=O)(=O)NC(C)C(=O)NCC(C)(C)O)n32)cc1. The monoisotopic (exact) mass is 607 g/mol. The number of carbonyl (C=O) groups excluding carboxylic acids is 2. The molecule has 3 N–H and O–H groups in total. The number of amides is 2. The van der Waals surface area contributed by atoms with E-state index in [9.17, 15) is 23.1 Å². The molecule has 1 aromatic heterocycles. The smallest absolute Gasteiger partial charge is 0.260 e. The second-order valence-corrected chi connectivity index (χ2v) is 13.3. The van der Waals surface area contributed by atoms with Gasteiger partial charge in [-0.15, -0.1) is 0 Å². The lowest BCUT2D eigenvalue weighted by molar-refractivity contribution is -0.124. The van der Waals surface area contributed by atoms with Crippen LogP contribution in [0.15, 0.2) is 53.7 Å². The third-order valence-corrected chi connectivity index (χ3v) is 8.48. The van der Waals surface area contributed by atoms with Gasteiger partial charge in [0.2, 0.25) is 11.9 Å². The Kier molecular flexibility index (Phi) is 8.09. The summed E-state index contributed by atoms with van der Waals surface area (Å²) in [5, 5.41) is 12.7. The molecular formula is C27H31Cl2N5O5S. The molecule has 0 saturated carbocycles. The molecular weight excluding hydrogens is 577 g/mol. The molecule has 13 heteroatoms. The van der Waals surface area contributed by atoms with Crippen LogP contribution in [-0.2, 0) is 31.6 Å². The van der Waals surface area contributed by atoms with Crippen molar-refractivity contribution in [3.63, 3.8) is 0 Å². The van der Waals surface area contributed by atoms with Crippen LogP contribution in [0, 0.1) is 6.92 Å². The molecule has 3 aromatic rings. The Morgan fingerprint density at radius 1 is 1.15 bits per heavy atom. The number of fused-ring (bicyclic) bond motifs is 1. The summed E-state index contributed by atoms with van der Waals surface area (Å²) in [6, 6.07) is 11.0. The van der Waals surface area contributed by atoms with Crippen LogP contribution >= 0.6 is 23.2 Å². The number of aliphatic hydroxyl groups is 1. The molecule has 2 atom stereocenters. The number of sulfonamides is 1. The summed E-state index contributed by atoms with van der Waals surface area (Å²) in [4.78, 5) is 32.3. The van der Waals surface area contributed by atoms with Gasteiger partial charge in [-0.1, -0.05) is 53.0 Å². The van der Waals surface area contributed by atoms with Gasteiger partial charge in [0.15, 0.2) is 5.03 Å². The van der Waals surface area contributed by atoms with E-state index in [-0.39, 0.29) is 23.9 Å². The van der Waals surface area contributed by atoms with Gasteiger partial charge < -0.3 is 10.4 Å². The zero-order valence-electron chi connectivity index (χ0n) is 22.7. The number of hydrogen-bond donors (Lipinski definition) is 3. The first-order valence-electron chi connectivity index (χ1n) is 12.5. The number of aromatic nitrogens is 2. The van der Waals surface area contributed by atoms with Crippen molar-refractivity contribution < 1.29 is 23.1 Å². The molecule has 40 heavy (non-hydrogen) atoms. The molecule has 0 saturated heterocycles. The molecule has 2 aromatic carbocycles. The highest BCUT2D eigenvalue weighted by Crippen LogP contribution is 2.44. The highest BCUT2D eigenvalue weighted by atomic mass is 35.5. The topological polar surface area (TPSA) is 134 Å². The van der Waals surface area contributed by atoms with Crippen LogP contribution in [0.1, 0.15) is 38.8 Å². The number of nitrogens with one attached hydrogen (secondary N) is 2. The number of anilines is 2. The Labute approximate surface area is 243 Å². The van der Waals surface area contributed by atoms with E-state index in [2.05, 4.69) is 15.0 Å². The van der Waals surface area contributed by atoms with Crippen molar-refractivity contribution in [2.24, 2.45) is 0 Å². The van der Waals surface area contributed by atoms with Gasteiger partial charge in [0.25, 0.3) is 15.9 Å². The Hall–Kier alpha value is -2.96. The van der Waals surface area contributed by atoms with Crippen molar-refractivity contribution in [1.29, 1.82) is 0 Å². The van der Waals surface area contributed by atoms with Crippen molar-refractivity contribution >= 4 is 56.7 Å². The zero-order chi connectivity index (χ0) is 29.6. The van der Waals surface area contributed by atoms with Crippen LogP contribution in [-0.4, -0.2) is 53.1 Å². The van der Waals surface area contributed by atoms with Crippen LogP contribution < -0.4 is 14.9 Å². The molecule has 0 aliphatic carbocycles. The van der Waals surface area contributed by atoms with Gasteiger partial charge in [0, 0.05) is 23.0 Å². The lowest BCUT2D eigenvalue weighted by Gasteiger charge is -2.27. The molecule has 1 aliphatic rings. The third-order valence-electron chi connectivity index (χ3n) is 6.54. The predicted molar refractivity (Wildman–Crippen MR) is 153 cm³/mol. The number of nitrogens with zero attached hydrogens (tertiary/aromatic N) is 3. The lowest BCUT2D eigenvalue weighted by Crippen LogP contribution is -2.49. The second kappa shape index (κ2) is 10.8. The largest absolute Gasteiger partial charge is 0.389 e. The molecule has 214 valence electrons. The summed E-state index contributed by atoms with van der Waals surface area (Å²) in [5.74, 6) is -0.986. The maximum absolute atomic E-state index is 14.1. The van der Waals surface area contributed by atoms with Crippen molar-refractivity contribution in [3.05, 3.63) is 69.8 Å². The average Bonchev–Trinajstić information content (AvgIpc) is 3.36. The Morgan fingerprint density at radius 2 is 1.75 bits per heavy atom. The summed E-state index contributed by atoms with van der Waals surface area (Å²) in [6.45, 7) is 7.94. The van der Waals surface area contributed by atoms with Gasteiger partial charge in [0.05, 0.1) is 23.5 Å². The molecule has 10 nitrogen and oxygen atoms in total. The fraction of sp³-hybridized carbons (Fsp3) is 0.370. The first-order chi connectivity index (χ1) is 18.5. The highest BCUT2D eigenvalue weighted by molar-refractivity contribution is 7.89. The summed E-state index contributed by atoms with van der Waals surface area (Å²) in [5.41, 5.74) is -0.409. The minimum atomic E-state index is -4.36. The molecule has 2 unspecified atom stereocenters. The minimum Gasteiger partial charge on any atom is -0.389 e. The molecule has 2 heterocycles. The van der Waals surface area contributed by atoms with Crippen LogP contribution in [0.5, 0.6) is 0 Å². The van der Waals surface area contributed by atoms with E-state index in [1.807, 2.05) is 31.2 Å². The summed E-state index contributed by atoms with van der Waals surface area (Å²) < 4.78 is 31.0. The van der Waals surface area contributed by atoms with Gasteiger partial charge in [-0.25, -0.2) is 18.3 Å². The molecule has 4 rings (SSSR count). The second-order valence-electron chi connectivity index (χ2n) is 10.8. The minimum absolute atomic E-state index is 0.0671. The predicted octanol–water partition coefficient (Wildman–Crippen LogP) is 3.69. The van der Waals surface area contributed by atoms with E-state index in [0.29, 0.717) is 15.7 Å². The zero-order valence-corrected chi connectivity index (χ0v) is 25.0. The van der Waals surface area contributed by atoms with E-state index >= 15 is 0 Å². The van der Waals surface area contributed by atoms with Gasteiger partial charge >= 0.3 is 0 Å². The summed E-state index contributed by atoms with van der Waals surface area (Å²) in [7, 11) is -4.36. The fourth-order valence-corrected chi connectivity index (χ4v) is 6.45. The Morgan fingerprint density at radius 3 is 2.33 bits per heavy atom. The molecule has 0 radical (unpaired) electrons. The van der Waals surface area contributed by atoms with Gasteiger partial charge in [-0.2, -0.15) is 4.72 Å². The lowest BCUT2D eigenvalue weighted by atomic mass is 9.91. The normalized spacial score (nSPS) is 18.1. The van der Waals surface area contributed by atoms with E-state index in [1.54, 1.807) is 19.1 Å². The van der Waals surface area contributed by atoms with Crippen LogP contribution in [0.25, 0.3) is 0 Å². The number of carbonyl (C=O) groups is 2. The van der Waals surface area contributed by atoms with E-state index in [1.165, 1.54) is 36.3 Å². The fourth-order valence-electron chi connectivity index (χ4n) is 4.53. The van der Waals surface area contributed by atoms with Gasteiger partial charge in [-0.05, 0) is 58.4 Å². The quantitative estimate of drug-likeness (QED) is 0.340. The maximum atomic E-state index is 14.1. The van der Waals surface area contributed by atoms with E-state index in [0.717, 1.165) is 17.3 Å². The number of rotatable bonds is 9. The first-order valence-corrected chi connectivity index (χ1v) is 14.7. The Balaban J connectivity index is 1.78. The van der Waals surface area contributed by atoms with Crippen LogP contribution in [0.4, 0.5) is 11.6 Å². The number of imidazole rings is 1. The van der Waals surface area contributed by atoms with Gasteiger partial charge in [0.1, 0.15) is 5.54 Å². The van der Waals surface area contributed by atoms with Crippen molar-refractivity contribution in [2.45, 2.75) is 63.2 Å². The highest BCUT2D eigenvalue weighted by Gasteiger charge is 2.52. The van der Waals surface area contributed by atoms with Crippen molar-refractivity contribution in [3.8, 4) is 0 Å². The molecule has 0 bridgehead atoms. The third kappa shape index (κ3) is 6.03. The van der Waals surface area contributed by atoms with Crippen LogP contribution in [0.2, 0.25) is 10.0 Å². The summed E-state index contributed by atoms with van der Waals surface area (Å²) in [6.07, 6.45) is 1.31. The molecule has 0 fully saturated rings. The Bertz CT molecular complexity index is 1550. The summed E-state index contributed by atoms with van der Waals surface area (Å²) >= 11 is 12.5. The first kappa shape index (κ1) is 30.0. The van der Waals surface area contributed by atoms with E-state index < -0.39 is 39.0 Å². The van der Waals surface area contributed by atoms with Crippen molar-refractivity contribution in [2.75, 3.05) is 11.4 Å².